The Labute approximate surface area is 236 Å². The van der Waals surface area contributed by atoms with E-state index in [2.05, 4.69) is 25.7 Å². The summed E-state index contributed by atoms with van der Waals surface area (Å²) < 4.78 is 5.84. The van der Waals surface area contributed by atoms with Gasteiger partial charge in [-0.05, 0) is 37.6 Å². The third-order valence-corrected chi connectivity index (χ3v) is 5.89. The topological polar surface area (TPSA) is 207 Å². The van der Waals surface area contributed by atoms with Gasteiger partial charge in [-0.2, -0.15) is 0 Å². The maximum Gasteiger partial charge on any atom is 0.307 e. The Kier molecular flexibility index (Phi) is 10.2. The van der Waals surface area contributed by atoms with Crippen LogP contribution in [0.1, 0.15) is 41.8 Å². The molecule has 13 heteroatoms. The molecule has 3 rings (SSSR count). The number of methoxy groups -OCH3 is 1. The minimum Gasteiger partial charge on any atom is -0.469 e. The van der Waals surface area contributed by atoms with Gasteiger partial charge in [0.25, 0.3) is 11.5 Å². The number of nitrogens with one attached hydrogen (secondary N) is 4. The molecule has 0 aliphatic heterocycles. The molecule has 0 bridgehead atoms. The number of nitrogen functional groups attached to an aromatic ring is 2. The first-order valence-corrected chi connectivity index (χ1v) is 12.8. The van der Waals surface area contributed by atoms with Crippen LogP contribution in [0.2, 0.25) is 0 Å². The van der Waals surface area contributed by atoms with Crippen molar-refractivity contribution >= 4 is 35.1 Å². The number of benzene rings is 2. The van der Waals surface area contributed by atoms with Crippen LogP contribution in [0.25, 0.3) is 11.3 Å². The Morgan fingerprint density at radius 2 is 1.78 bits per heavy atom. The van der Waals surface area contributed by atoms with Crippen LogP contribution in [-0.2, 0) is 27.4 Å². The van der Waals surface area contributed by atoms with E-state index >= 15 is 0 Å². The smallest absolute Gasteiger partial charge is 0.307 e. The molecule has 2 aromatic carbocycles. The van der Waals surface area contributed by atoms with Gasteiger partial charge < -0.3 is 32.2 Å². The molecular formula is C28H34N8O5. The Balaban J connectivity index is 1.89. The van der Waals surface area contributed by atoms with Crippen molar-refractivity contribution in [3.8, 4) is 11.3 Å². The molecule has 2 amide bonds. The average molecular weight is 563 g/mol. The zero-order chi connectivity index (χ0) is 30.1. The normalized spacial score (nSPS) is 10.6. The predicted molar refractivity (Wildman–Crippen MR) is 155 cm³/mol. The largest absolute Gasteiger partial charge is 0.469 e. The van der Waals surface area contributed by atoms with Crippen molar-refractivity contribution < 1.29 is 19.1 Å². The van der Waals surface area contributed by atoms with E-state index < -0.39 is 23.3 Å². The molecule has 0 spiro atoms. The zero-order valence-corrected chi connectivity index (χ0v) is 23.1. The van der Waals surface area contributed by atoms with Gasteiger partial charge in [-0.1, -0.05) is 24.3 Å². The van der Waals surface area contributed by atoms with Gasteiger partial charge in [0.1, 0.15) is 12.4 Å². The van der Waals surface area contributed by atoms with Crippen molar-refractivity contribution in [1.82, 2.24) is 20.2 Å². The fourth-order valence-electron chi connectivity index (χ4n) is 3.86. The van der Waals surface area contributed by atoms with Gasteiger partial charge >= 0.3 is 5.97 Å². The first kappa shape index (κ1) is 30.3. The molecule has 0 aliphatic carbocycles. The summed E-state index contributed by atoms with van der Waals surface area (Å²) in [5.74, 6) is -1.36. The highest BCUT2D eigenvalue weighted by Gasteiger charge is 2.18. The first-order chi connectivity index (χ1) is 19.5. The van der Waals surface area contributed by atoms with Crippen molar-refractivity contribution in [3.05, 3.63) is 75.7 Å². The Bertz CT molecular complexity index is 1500. The summed E-state index contributed by atoms with van der Waals surface area (Å²) >= 11 is 0. The Morgan fingerprint density at radius 3 is 2.41 bits per heavy atom. The molecule has 0 atom stereocenters. The lowest BCUT2D eigenvalue weighted by Gasteiger charge is -2.17. The lowest BCUT2D eigenvalue weighted by atomic mass is 10.1. The lowest BCUT2D eigenvalue weighted by Crippen LogP contribution is -2.35. The predicted octanol–water partition coefficient (Wildman–Crippen LogP) is 1.21. The highest BCUT2D eigenvalue weighted by atomic mass is 16.5. The maximum absolute atomic E-state index is 13.4. The van der Waals surface area contributed by atoms with E-state index in [-0.39, 0.29) is 60.7 Å². The summed E-state index contributed by atoms with van der Waals surface area (Å²) in [5.41, 5.74) is 13.5. The van der Waals surface area contributed by atoms with Gasteiger partial charge in [0.2, 0.25) is 5.91 Å². The molecule has 13 nitrogen and oxygen atoms in total. The van der Waals surface area contributed by atoms with Gasteiger partial charge in [0, 0.05) is 41.5 Å². The van der Waals surface area contributed by atoms with E-state index in [9.17, 15) is 19.2 Å². The summed E-state index contributed by atoms with van der Waals surface area (Å²) in [5, 5.41) is 15.9. The average Bonchev–Trinajstić information content (AvgIpc) is 2.93. The second-order valence-corrected chi connectivity index (χ2v) is 9.50. The van der Waals surface area contributed by atoms with Gasteiger partial charge in [0.05, 0.1) is 25.4 Å². The second-order valence-electron chi connectivity index (χ2n) is 9.50. The fraction of sp³-hybridized carbons (Fsp3) is 0.286. The lowest BCUT2D eigenvalue weighted by molar-refractivity contribution is -0.140. The van der Waals surface area contributed by atoms with Crippen LogP contribution in [0, 0.1) is 5.41 Å². The number of amidine groups is 1. The molecular weight excluding hydrogens is 528 g/mol. The number of ether oxygens (including phenoxy) is 1. The van der Waals surface area contributed by atoms with Crippen LogP contribution in [0.15, 0.2) is 53.5 Å². The highest BCUT2D eigenvalue weighted by molar-refractivity contribution is 5.97. The number of carbonyl (C=O) groups is 3. The molecule has 0 unspecified atom stereocenters. The van der Waals surface area contributed by atoms with Crippen LogP contribution in [-0.4, -0.2) is 52.9 Å². The van der Waals surface area contributed by atoms with Gasteiger partial charge in [0.15, 0.2) is 5.82 Å². The summed E-state index contributed by atoms with van der Waals surface area (Å²) in [6, 6.07) is 11.3. The van der Waals surface area contributed by atoms with Gasteiger partial charge in [-0.25, -0.2) is 4.98 Å². The van der Waals surface area contributed by atoms with Crippen molar-refractivity contribution in [2.75, 3.05) is 24.7 Å². The first-order valence-electron chi connectivity index (χ1n) is 12.8. The van der Waals surface area contributed by atoms with Crippen LogP contribution < -0.4 is 33.0 Å². The SMILES string of the molecule is COC(=O)CCNC(=O)c1cc(N)cc(-c2cnc(NC(C)C)c(=O)n2CC(=O)NCc2ccc(C(=N)N)cc2)c1. The number of aromatic nitrogens is 2. The van der Waals surface area contributed by atoms with E-state index in [1.54, 1.807) is 30.3 Å². The number of amides is 2. The highest BCUT2D eigenvalue weighted by Crippen LogP contribution is 2.23. The molecule has 3 aromatic rings. The number of anilines is 2. The van der Waals surface area contributed by atoms with Crippen molar-refractivity contribution in [1.29, 1.82) is 5.41 Å². The third-order valence-electron chi connectivity index (χ3n) is 5.89. The Morgan fingerprint density at radius 1 is 1.07 bits per heavy atom. The molecule has 216 valence electrons. The van der Waals surface area contributed by atoms with Crippen molar-refractivity contribution in [2.45, 2.75) is 39.4 Å². The van der Waals surface area contributed by atoms with E-state index in [4.69, 9.17) is 16.9 Å². The van der Waals surface area contributed by atoms with E-state index in [0.717, 1.165) is 5.56 Å². The quantitative estimate of drug-likeness (QED) is 0.0810. The van der Waals surface area contributed by atoms with E-state index in [1.165, 1.54) is 30.0 Å². The van der Waals surface area contributed by atoms with Gasteiger partial charge in [-0.3, -0.25) is 29.2 Å². The number of esters is 1. The maximum atomic E-state index is 13.4. The fourth-order valence-corrected chi connectivity index (χ4v) is 3.86. The summed E-state index contributed by atoms with van der Waals surface area (Å²) in [7, 11) is 1.26. The van der Waals surface area contributed by atoms with Crippen molar-refractivity contribution in [2.24, 2.45) is 5.73 Å². The summed E-state index contributed by atoms with van der Waals surface area (Å²) in [6.07, 6.45) is 1.44. The number of carbonyl (C=O) groups excluding carboxylic acids is 3. The van der Waals surface area contributed by atoms with Gasteiger partial charge in [-0.15, -0.1) is 0 Å². The minimum atomic E-state index is -0.524. The zero-order valence-electron chi connectivity index (χ0n) is 23.1. The number of rotatable bonds is 12. The summed E-state index contributed by atoms with van der Waals surface area (Å²) in [6.45, 7) is 3.63. The van der Waals surface area contributed by atoms with Crippen LogP contribution in [0.5, 0.6) is 0 Å². The van der Waals surface area contributed by atoms with Crippen LogP contribution in [0.4, 0.5) is 11.5 Å². The third kappa shape index (κ3) is 8.39. The molecule has 0 radical (unpaired) electrons. The summed E-state index contributed by atoms with van der Waals surface area (Å²) in [4.78, 5) is 54.8. The standard InChI is InChI=1S/C28H34N8O5/c1-16(2)35-26-28(40)36(15-23(37)33-13-17-4-6-18(7-5-17)25(30)31)22(14-34-26)19-10-20(12-21(29)11-19)27(39)32-9-8-24(38)41-3/h4-7,10-12,14,16H,8-9,13,15,29H2,1-3H3,(H3,30,31)(H,32,39)(H,33,37)(H,34,35). The molecule has 1 heterocycles. The monoisotopic (exact) mass is 562 g/mol. The van der Waals surface area contributed by atoms with Crippen LogP contribution in [0.3, 0.4) is 0 Å². The number of nitrogens with zero attached hydrogens (tertiary/aromatic N) is 2. The molecule has 8 N–H and O–H groups in total. The molecule has 41 heavy (non-hydrogen) atoms. The van der Waals surface area contributed by atoms with E-state index in [0.29, 0.717) is 11.1 Å². The van der Waals surface area contributed by atoms with E-state index in [1.807, 2.05) is 13.8 Å². The second kappa shape index (κ2) is 13.7. The molecule has 0 aliphatic rings. The number of hydrogen-bond donors (Lipinski definition) is 6. The van der Waals surface area contributed by atoms with Crippen LogP contribution >= 0.6 is 0 Å². The van der Waals surface area contributed by atoms with Crippen molar-refractivity contribution in [3.63, 3.8) is 0 Å². The molecule has 0 saturated carbocycles. The number of nitrogens with two attached hydrogens (primary N) is 2. The number of hydrogen-bond acceptors (Lipinski definition) is 9. The molecule has 0 fully saturated rings. The molecule has 1 aromatic heterocycles. The Hall–Kier alpha value is -5.20. The molecule has 0 saturated heterocycles. The minimum absolute atomic E-state index is 0.00116.